The fraction of sp³-hybridized carbons (Fsp3) is 0.818. The summed E-state index contributed by atoms with van der Waals surface area (Å²) in [6.45, 7) is 9.87. The lowest BCUT2D eigenvalue weighted by Crippen LogP contribution is -2.30. The normalized spacial score (nSPS) is 12.6. The molecular formula is C11H23NS. The highest BCUT2D eigenvalue weighted by Gasteiger charge is 2.02. The van der Waals surface area contributed by atoms with Crippen molar-refractivity contribution < 1.29 is 0 Å². The van der Waals surface area contributed by atoms with Crippen LogP contribution in [0.2, 0.25) is 0 Å². The van der Waals surface area contributed by atoms with Crippen LogP contribution in [0.5, 0.6) is 0 Å². The average molecular weight is 201 g/mol. The summed E-state index contributed by atoms with van der Waals surface area (Å²) in [4.78, 5) is 0. The zero-order chi connectivity index (χ0) is 10.1. The van der Waals surface area contributed by atoms with Gasteiger partial charge in [0.25, 0.3) is 0 Å². The quantitative estimate of drug-likeness (QED) is 0.635. The van der Waals surface area contributed by atoms with Crippen molar-refractivity contribution in [2.24, 2.45) is 0 Å². The van der Waals surface area contributed by atoms with Crippen LogP contribution in [0.15, 0.2) is 11.6 Å². The van der Waals surface area contributed by atoms with Crippen LogP contribution < -0.4 is 5.32 Å². The lowest BCUT2D eigenvalue weighted by Gasteiger charge is -2.14. The van der Waals surface area contributed by atoms with Crippen molar-refractivity contribution in [2.75, 3.05) is 18.1 Å². The maximum Gasteiger partial charge on any atom is 0.0343 e. The van der Waals surface area contributed by atoms with Gasteiger partial charge < -0.3 is 5.32 Å². The maximum absolute atomic E-state index is 3.54. The average Bonchev–Trinajstić information content (AvgIpc) is 2.09. The van der Waals surface area contributed by atoms with Crippen molar-refractivity contribution in [3.05, 3.63) is 11.6 Å². The van der Waals surface area contributed by atoms with Crippen LogP contribution in [-0.4, -0.2) is 24.1 Å². The Morgan fingerprint density at radius 3 is 2.54 bits per heavy atom. The van der Waals surface area contributed by atoms with E-state index >= 15 is 0 Å². The first kappa shape index (κ1) is 13.1. The predicted octanol–water partition coefficient (Wildman–Crippen LogP) is 3.07. The van der Waals surface area contributed by atoms with Crippen molar-refractivity contribution in [2.45, 2.75) is 40.2 Å². The molecular weight excluding hydrogens is 178 g/mol. The molecule has 0 spiro atoms. The number of allylic oxidation sites excluding steroid dienone is 1. The minimum absolute atomic E-state index is 0.565. The zero-order valence-electron chi connectivity index (χ0n) is 9.39. The zero-order valence-corrected chi connectivity index (χ0v) is 10.2. The molecule has 0 saturated heterocycles. The van der Waals surface area contributed by atoms with E-state index in [4.69, 9.17) is 0 Å². The second-order valence-corrected chi connectivity index (χ2v) is 4.78. The Labute approximate surface area is 87.4 Å². The van der Waals surface area contributed by atoms with E-state index in [0.717, 1.165) is 6.54 Å². The Bertz CT molecular complexity index is 131. The Balaban J connectivity index is 3.80. The summed E-state index contributed by atoms with van der Waals surface area (Å²) < 4.78 is 0. The number of hydrogen-bond donors (Lipinski definition) is 1. The van der Waals surface area contributed by atoms with E-state index in [0.29, 0.717) is 6.04 Å². The second kappa shape index (κ2) is 8.64. The highest BCUT2D eigenvalue weighted by molar-refractivity contribution is 7.99. The van der Waals surface area contributed by atoms with E-state index in [-0.39, 0.29) is 0 Å². The second-order valence-electron chi connectivity index (χ2n) is 3.46. The molecule has 0 amide bonds. The van der Waals surface area contributed by atoms with Crippen molar-refractivity contribution in [3.63, 3.8) is 0 Å². The highest BCUT2D eigenvalue weighted by Crippen LogP contribution is 2.05. The van der Waals surface area contributed by atoms with E-state index < -0.39 is 0 Å². The van der Waals surface area contributed by atoms with Gasteiger partial charge in [0.2, 0.25) is 0 Å². The molecule has 1 atom stereocenters. The van der Waals surface area contributed by atoms with Crippen LogP contribution in [0.3, 0.4) is 0 Å². The molecule has 0 aromatic carbocycles. The molecule has 0 aliphatic rings. The summed E-state index contributed by atoms with van der Waals surface area (Å²) in [7, 11) is 0. The molecule has 0 saturated carbocycles. The molecule has 13 heavy (non-hydrogen) atoms. The number of nitrogens with one attached hydrogen (secondary N) is 1. The van der Waals surface area contributed by atoms with Gasteiger partial charge in [-0.15, -0.1) is 0 Å². The van der Waals surface area contributed by atoms with Gasteiger partial charge in [0.15, 0.2) is 0 Å². The van der Waals surface area contributed by atoms with E-state index in [2.05, 4.69) is 39.1 Å². The molecule has 1 unspecified atom stereocenters. The third kappa shape index (κ3) is 8.38. The largest absolute Gasteiger partial charge is 0.310 e. The number of rotatable bonds is 7. The molecule has 1 nitrogen and oxygen atoms in total. The summed E-state index contributed by atoms with van der Waals surface area (Å²) in [6, 6.07) is 0.565. The van der Waals surface area contributed by atoms with Crippen LogP contribution in [0.4, 0.5) is 0 Å². The minimum atomic E-state index is 0.565. The Morgan fingerprint density at radius 1 is 1.38 bits per heavy atom. The van der Waals surface area contributed by atoms with Crippen LogP contribution in [0.1, 0.15) is 34.1 Å². The van der Waals surface area contributed by atoms with Gasteiger partial charge in [0, 0.05) is 11.8 Å². The van der Waals surface area contributed by atoms with Gasteiger partial charge >= 0.3 is 0 Å². The lowest BCUT2D eigenvalue weighted by molar-refractivity contribution is 0.627. The summed E-state index contributed by atoms with van der Waals surface area (Å²) in [5, 5.41) is 3.54. The SMILES string of the molecule is CCCNC(C=C(C)C)CSCC. The van der Waals surface area contributed by atoms with Gasteiger partial charge in [0.1, 0.15) is 0 Å². The Morgan fingerprint density at radius 2 is 2.08 bits per heavy atom. The molecule has 0 fully saturated rings. The smallest absolute Gasteiger partial charge is 0.0343 e. The van der Waals surface area contributed by atoms with Crippen LogP contribution in [0.25, 0.3) is 0 Å². The van der Waals surface area contributed by atoms with Crippen molar-refractivity contribution in [3.8, 4) is 0 Å². The first-order chi connectivity index (χ1) is 6.20. The minimum Gasteiger partial charge on any atom is -0.310 e. The van der Waals surface area contributed by atoms with Gasteiger partial charge in [-0.2, -0.15) is 11.8 Å². The van der Waals surface area contributed by atoms with Crippen molar-refractivity contribution >= 4 is 11.8 Å². The van der Waals surface area contributed by atoms with Crippen LogP contribution in [-0.2, 0) is 0 Å². The van der Waals surface area contributed by atoms with E-state index in [1.165, 1.54) is 23.5 Å². The van der Waals surface area contributed by atoms with Gasteiger partial charge in [-0.1, -0.05) is 25.5 Å². The summed E-state index contributed by atoms with van der Waals surface area (Å²) in [5.41, 5.74) is 1.41. The topological polar surface area (TPSA) is 12.0 Å². The molecule has 1 N–H and O–H groups in total. The molecule has 0 aliphatic carbocycles. The van der Waals surface area contributed by atoms with E-state index in [1.807, 2.05) is 11.8 Å². The van der Waals surface area contributed by atoms with Crippen molar-refractivity contribution in [1.29, 1.82) is 0 Å². The fourth-order valence-corrected chi connectivity index (χ4v) is 1.85. The van der Waals surface area contributed by atoms with Gasteiger partial charge in [-0.25, -0.2) is 0 Å². The Kier molecular flexibility index (Phi) is 8.67. The van der Waals surface area contributed by atoms with Crippen LogP contribution in [0, 0.1) is 0 Å². The maximum atomic E-state index is 3.54. The first-order valence-electron chi connectivity index (χ1n) is 5.16. The summed E-state index contributed by atoms with van der Waals surface area (Å²) in [6.07, 6.45) is 3.54. The highest BCUT2D eigenvalue weighted by atomic mass is 32.2. The molecule has 0 rings (SSSR count). The number of hydrogen-bond acceptors (Lipinski definition) is 2. The molecule has 0 radical (unpaired) electrons. The van der Waals surface area contributed by atoms with E-state index in [1.54, 1.807) is 0 Å². The molecule has 0 aromatic heterocycles. The van der Waals surface area contributed by atoms with Gasteiger partial charge in [0.05, 0.1) is 0 Å². The monoisotopic (exact) mass is 201 g/mol. The van der Waals surface area contributed by atoms with Crippen molar-refractivity contribution in [1.82, 2.24) is 5.32 Å². The van der Waals surface area contributed by atoms with Gasteiger partial charge in [-0.05, 0) is 32.6 Å². The molecule has 78 valence electrons. The molecule has 2 heteroatoms. The molecule has 0 aromatic rings. The Hall–Kier alpha value is 0.0500. The third-order valence-electron chi connectivity index (χ3n) is 1.69. The molecule has 0 heterocycles. The first-order valence-corrected chi connectivity index (χ1v) is 6.32. The standard InChI is InChI=1S/C11H23NS/c1-5-7-12-11(8-10(3)4)9-13-6-2/h8,11-12H,5-7,9H2,1-4H3. The van der Waals surface area contributed by atoms with E-state index in [9.17, 15) is 0 Å². The molecule has 0 aliphatic heterocycles. The predicted molar refractivity (Wildman–Crippen MR) is 64.5 cm³/mol. The summed E-state index contributed by atoms with van der Waals surface area (Å²) in [5.74, 6) is 2.41. The van der Waals surface area contributed by atoms with Gasteiger partial charge in [-0.3, -0.25) is 0 Å². The lowest BCUT2D eigenvalue weighted by atomic mass is 10.2. The third-order valence-corrected chi connectivity index (χ3v) is 2.70. The van der Waals surface area contributed by atoms with Crippen LogP contribution >= 0.6 is 11.8 Å². The fourth-order valence-electron chi connectivity index (χ4n) is 1.14. The number of thioether (sulfide) groups is 1. The summed E-state index contributed by atoms with van der Waals surface area (Å²) >= 11 is 2.00. The molecule has 0 bridgehead atoms.